The monoisotopic (exact) mass is 947 g/mol. The van der Waals surface area contributed by atoms with Gasteiger partial charge in [-0.25, -0.2) is 13.1 Å². The van der Waals surface area contributed by atoms with E-state index in [9.17, 15) is 28.4 Å². The number of nitrogens with zero attached hydrogens (tertiary/aromatic N) is 4. The molecule has 3 aromatic carbocycles. The number of nitro benzene ring substituents is 1. The van der Waals surface area contributed by atoms with E-state index in [0.717, 1.165) is 56.2 Å². The number of likely N-dealkylation sites (tertiary alicyclic amines) is 1. The summed E-state index contributed by atoms with van der Waals surface area (Å²) in [5.74, 6) is 0.596. The summed E-state index contributed by atoms with van der Waals surface area (Å²) in [4.78, 5) is 38.1. The summed E-state index contributed by atoms with van der Waals surface area (Å²) in [6.07, 6.45) is 10.1. The molecule has 2 saturated carbocycles. The van der Waals surface area contributed by atoms with Crippen molar-refractivity contribution in [3.63, 3.8) is 0 Å². The quantitative estimate of drug-likeness (QED) is 0.0683. The van der Waals surface area contributed by atoms with Gasteiger partial charge in [-0.05, 0) is 117 Å². The summed E-state index contributed by atoms with van der Waals surface area (Å²) in [6, 6.07) is 20.1. The summed E-state index contributed by atoms with van der Waals surface area (Å²) in [6.45, 7) is 10.3. The van der Waals surface area contributed by atoms with Crippen LogP contribution in [-0.2, 0) is 10.0 Å². The molecule has 360 valence electrons. The fraction of sp³-hybridized carbons (Fsp3) is 0.490. The SMILES string of the molecule is COc1nc2[nH]ccc2cc1Oc1cc(N2CCC3(CC2)CN([C@H]2CCC[C@H]2c2ccccc2C(C)C)C3)ccc1C(=O)NS(=O)(=O)c1cc2c(c([N+](=O)[O-])c1)N[C@@H](C1CCC(C)(O)CC1)CO2. The van der Waals surface area contributed by atoms with Gasteiger partial charge in [-0.1, -0.05) is 44.5 Å². The third kappa shape index (κ3) is 8.84. The topological polar surface area (TPSA) is 201 Å². The first-order valence-corrected chi connectivity index (χ1v) is 25.5. The number of nitro groups is 1. The Labute approximate surface area is 397 Å². The number of benzene rings is 3. The van der Waals surface area contributed by atoms with E-state index in [1.165, 1.54) is 43.6 Å². The molecule has 68 heavy (non-hydrogen) atoms. The fourth-order valence-electron chi connectivity index (χ4n) is 11.7. The first kappa shape index (κ1) is 45.9. The molecular formula is C51H61N7O9S. The number of methoxy groups -OCH3 is 1. The highest BCUT2D eigenvalue weighted by atomic mass is 32.2. The molecule has 5 heterocycles. The van der Waals surface area contributed by atoms with Crippen molar-refractivity contribution in [2.75, 3.05) is 50.1 Å². The van der Waals surface area contributed by atoms with Crippen LogP contribution < -0.4 is 29.1 Å². The van der Waals surface area contributed by atoms with E-state index in [1.807, 2.05) is 6.07 Å². The maximum absolute atomic E-state index is 14.2. The predicted molar refractivity (Wildman–Crippen MR) is 259 cm³/mol. The van der Waals surface area contributed by atoms with E-state index in [2.05, 4.69) is 67.9 Å². The molecule has 10 rings (SSSR count). The van der Waals surface area contributed by atoms with Crippen LogP contribution in [0.4, 0.5) is 17.1 Å². The molecule has 0 unspecified atom stereocenters. The average Bonchev–Trinajstić information content (AvgIpc) is 3.99. The number of nitrogens with one attached hydrogen (secondary N) is 3. The molecule has 16 nitrogen and oxygen atoms in total. The molecule has 17 heteroatoms. The highest BCUT2D eigenvalue weighted by molar-refractivity contribution is 7.90. The van der Waals surface area contributed by atoms with E-state index in [-0.39, 0.29) is 58.4 Å². The summed E-state index contributed by atoms with van der Waals surface area (Å²) in [7, 11) is -3.23. The maximum atomic E-state index is 14.2. The molecule has 1 spiro atoms. The van der Waals surface area contributed by atoms with Crippen LogP contribution in [0.15, 0.2) is 77.8 Å². The van der Waals surface area contributed by atoms with Crippen LogP contribution in [0.1, 0.15) is 112 Å². The Bertz CT molecular complexity index is 2840. The van der Waals surface area contributed by atoms with Gasteiger partial charge in [-0.2, -0.15) is 4.98 Å². The van der Waals surface area contributed by atoms with Crippen LogP contribution in [0.5, 0.6) is 23.1 Å². The highest BCUT2D eigenvalue weighted by Gasteiger charge is 2.49. The normalized spacial score (nSPS) is 24.8. The minimum Gasteiger partial charge on any atom is -0.489 e. The second-order valence-corrected chi connectivity index (χ2v) is 22.1. The number of piperidine rings is 1. The minimum absolute atomic E-state index is 0.00716. The average molecular weight is 948 g/mol. The number of ether oxygens (including phenoxy) is 3. The summed E-state index contributed by atoms with van der Waals surface area (Å²) in [5, 5.41) is 26.9. The van der Waals surface area contributed by atoms with Gasteiger partial charge in [0.1, 0.15) is 18.0 Å². The molecule has 1 amide bonds. The number of sulfonamides is 1. The van der Waals surface area contributed by atoms with Crippen LogP contribution in [0.2, 0.25) is 0 Å². The zero-order valence-electron chi connectivity index (χ0n) is 39.1. The number of anilines is 2. The number of amides is 1. The van der Waals surface area contributed by atoms with Gasteiger partial charge >= 0.3 is 0 Å². The van der Waals surface area contributed by atoms with Gasteiger partial charge in [0.25, 0.3) is 27.5 Å². The van der Waals surface area contributed by atoms with Gasteiger partial charge < -0.3 is 34.5 Å². The third-order valence-corrected chi connectivity index (χ3v) is 16.8. The summed E-state index contributed by atoms with van der Waals surface area (Å²) in [5.41, 5.74) is 3.36. The van der Waals surface area contributed by atoms with Crippen molar-refractivity contribution in [1.82, 2.24) is 19.6 Å². The third-order valence-electron chi connectivity index (χ3n) is 15.5. The fourth-order valence-corrected chi connectivity index (χ4v) is 12.7. The molecule has 3 atom stereocenters. The number of aliphatic hydroxyl groups is 1. The van der Waals surface area contributed by atoms with Crippen molar-refractivity contribution < 1.29 is 37.5 Å². The number of carbonyl (C=O) groups is 1. The number of aromatic amines is 1. The molecule has 2 aromatic heterocycles. The number of pyridine rings is 1. The standard InChI is InChI=1S/C51H61N7O9S/c1-31(2)36-8-5-6-9-37(36)38-10-7-11-41(38)57-29-51(30-57)19-22-56(23-20-51)34-12-13-39(43(25-34)67-45-24-33-16-21-52-47(33)54-49(45)65-4)48(59)55-68(63,64)35-26-42(58(61)62)46-44(27-35)66-28-40(53-46)32-14-17-50(3,60)18-15-32/h5-6,8-9,12-13,16,21,24-27,31-32,38,40-41,53,60H,7,10-11,14-15,17-20,22-23,28-30H2,1-4H3,(H,52,54)(H,55,59)/t32?,38-,40+,41-,50?/m0/s1. The van der Waals surface area contributed by atoms with Crippen LogP contribution in [0, 0.1) is 21.4 Å². The van der Waals surface area contributed by atoms with E-state index < -0.39 is 37.0 Å². The summed E-state index contributed by atoms with van der Waals surface area (Å²) >= 11 is 0. The molecule has 4 N–H and O–H groups in total. The van der Waals surface area contributed by atoms with Crippen molar-refractivity contribution in [2.45, 2.75) is 113 Å². The van der Waals surface area contributed by atoms with Crippen LogP contribution >= 0.6 is 0 Å². The number of H-pyrrole nitrogens is 1. The van der Waals surface area contributed by atoms with Crippen molar-refractivity contribution in [2.24, 2.45) is 11.3 Å². The Hall–Kier alpha value is -5.91. The van der Waals surface area contributed by atoms with Crippen molar-refractivity contribution in [3.8, 4) is 23.1 Å². The Kier molecular flexibility index (Phi) is 12.1. The lowest BCUT2D eigenvalue weighted by Gasteiger charge is -2.57. The Balaban J connectivity index is 0.875. The Morgan fingerprint density at radius 1 is 1.00 bits per heavy atom. The largest absolute Gasteiger partial charge is 0.489 e. The lowest BCUT2D eigenvalue weighted by Crippen LogP contribution is -2.63. The second-order valence-electron chi connectivity index (χ2n) is 20.4. The number of aromatic nitrogens is 2. The molecule has 0 radical (unpaired) electrons. The van der Waals surface area contributed by atoms with Gasteiger partial charge in [0.05, 0.1) is 34.1 Å². The Morgan fingerprint density at radius 3 is 2.50 bits per heavy atom. The van der Waals surface area contributed by atoms with E-state index in [1.54, 1.807) is 37.4 Å². The first-order valence-electron chi connectivity index (χ1n) is 24.0. The van der Waals surface area contributed by atoms with Gasteiger partial charge in [-0.3, -0.25) is 19.8 Å². The lowest BCUT2D eigenvalue weighted by molar-refractivity contribution is -0.384. The second kappa shape index (κ2) is 17.9. The van der Waals surface area contributed by atoms with Crippen LogP contribution in [-0.4, -0.2) is 96.8 Å². The number of carbonyl (C=O) groups excluding carboxylic acids is 1. The van der Waals surface area contributed by atoms with Crippen molar-refractivity contribution in [1.29, 1.82) is 0 Å². The molecule has 3 aliphatic heterocycles. The van der Waals surface area contributed by atoms with Gasteiger partial charge in [0.2, 0.25) is 0 Å². The van der Waals surface area contributed by atoms with Crippen molar-refractivity contribution in [3.05, 3.63) is 99.7 Å². The van der Waals surface area contributed by atoms with Gasteiger partial charge in [-0.15, -0.1) is 0 Å². The molecule has 0 bridgehead atoms. The smallest absolute Gasteiger partial charge is 0.297 e. The molecule has 5 aliphatic rings. The maximum Gasteiger partial charge on any atom is 0.297 e. The predicted octanol–water partition coefficient (Wildman–Crippen LogP) is 8.87. The lowest BCUT2D eigenvalue weighted by atomic mass is 9.70. The number of hydrogen-bond acceptors (Lipinski definition) is 13. The van der Waals surface area contributed by atoms with E-state index in [0.29, 0.717) is 49.2 Å². The Morgan fingerprint density at radius 2 is 1.76 bits per heavy atom. The highest BCUT2D eigenvalue weighted by Crippen LogP contribution is 2.49. The summed E-state index contributed by atoms with van der Waals surface area (Å²) < 4.78 is 48.3. The molecule has 2 aliphatic carbocycles. The van der Waals surface area contributed by atoms with E-state index >= 15 is 0 Å². The van der Waals surface area contributed by atoms with Crippen LogP contribution in [0.25, 0.3) is 11.0 Å². The number of rotatable bonds is 12. The first-order chi connectivity index (χ1) is 32.6. The van der Waals surface area contributed by atoms with E-state index in [4.69, 9.17) is 14.2 Å². The van der Waals surface area contributed by atoms with Gasteiger partial charge in [0, 0.05) is 67.7 Å². The van der Waals surface area contributed by atoms with Crippen molar-refractivity contribution >= 4 is 44.0 Å². The number of hydrogen-bond donors (Lipinski definition) is 4. The minimum atomic E-state index is -4.69. The van der Waals surface area contributed by atoms with Crippen LogP contribution in [0.3, 0.4) is 0 Å². The molecular weight excluding hydrogens is 887 g/mol. The zero-order valence-corrected chi connectivity index (χ0v) is 39.9. The molecule has 2 saturated heterocycles. The number of fused-ring (bicyclic) bond motifs is 2. The van der Waals surface area contributed by atoms with Gasteiger partial charge in [0.15, 0.2) is 17.2 Å². The molecule has 5 aromatic rings. The zero-order chi connectivity index (χ0) is 47.5. The molecule has 4 fully saturated rings.